The smallest absolute Gasteiger partial charge is 0.326 e. The van der Waals surface area contributed by atoms with Crippen molar-refractivity contribution in [3.8, 4) is 0 Å². The molecule has 0 radical (unpaired) electrons. The van der Waals surface area contributed by atoms with Crippen molar-refractivity contribution in [3.05, 3.63) is 0 Å². The molecule has 10 nitrogen and oxygen atoms in total. The summed E-state index contributed by atoms with van der Waals surface area (Å²) in [6.07, 6.45) is 2.01. The van der Waals surface area contributed by atoms with Crippen LogP contribution in [0.4, 0.5) is 0 Å². The highest BCUT2D eigenvalue weighted by Crippen LogP contribution is 2.25. The Labute approximate surface area is 164 Å². The molecule has 2 aliphatic heterocycles. The Morgan fingerprint density at radius 3 is 2.18 bits per heavy atom. The molecule has 0 aromatic heterocycles. The minimum atomic E-state index is -1.19. The highest BCUT2D eigenvalue weighted by Gasteiger charge is 2.43. The predicted molar refractivity (Wildman–Crippen MR) is 98.9 cm³/mol. The average molecular weight is 398 g/mol. The van der Waals surface area contributed by atoms with Crippen molar-refractivity contribution in [3.63, 3.8) is 0 Å². The van der Waals surface area contributed by atoms with E-state index in [-0.39, 0.29) is 5.92 Å². The number of likely N-dealkylation sites (tertiary alicyclic amines) is 2. The molecule has 3 amide bonds. The molecule has 2 heterocycles. The molecule has 0 aromatic rings. The van der Waals surface area contributed by atoms with E-state index in [9.17, 15) is 29.4 Å². The van der Waals surface area contributed by atoms with Crippen molar-refractivity contribution >= 4 is 23.7 Å². The van der Waals surface area contributed by atoms with Crippen LogP contribution >= 0.6 is 0 Å². The van der Waals surface area contributed by atoms with Crippen molar-refractivity contribution < 1.29 is 29.4 Å². The van der Waals surface area contributed by atoms with Gasteiger partial charge < -0.3 is 31.1 Å². The lowest BCUT2D eigenvalue weighted by Gasteiger charge is -2.32. The molecule has 10 heteroatoms. The first-order valence-electron chi connectivity index (χ1n) is 9.69. The Morgan fingerprint density at radius 1 is 1.07 bits per heavy atom. The Morgan fingerprint density at radius 2 is 1.64 bits per heavy atom. The molecule has 0 spiro atoms. The van der Waals surface area contributed by atoms with Crippen molar-refractivity contribution in [1.29, 1.82) is 0 Å². The van der Waals surface area contributed by atoms with Gasteiger partial charge in [0.15, 0.2) is 0 Å². The fourth-order valence-corrected chi connectivity index (χ4v) is 3.72. The molecule has 28 heavy (non-hydrogen) atoms. The standard InChI is InChI=1S/C18H30N4O6/c1-10(2)14(19)15(24)20-11(9-23)16(25)21-7-3-5-12(21)17(26)22-8-4-6-13(22)18(27)28/h10-14,23H,3-9,19H2,1-2H3,(H,20,24)(H,27,28). The summed E-state index contributed by atoms with van der Waals surface area (Å²) in [5, 5.41) is 21.4. The number of aliphatic hydroxyl groups is 1. The van der Waals surface area contributed by atoms with Gasteiger partial charge in [0.05, 0.1) is 12.6 Å². The van der Waals surface area contributed by atoms with Gasteiger partial charge >= 0.3 is 5.97 Å². The minimum Gasteiger partial charge on any atom is -0.480 e. The first-order valence-corrected chi connectivity index (χ1v) is 9.69. The Kier molecular flexibility index (Phi) is 7.36. The quantitative estimate of drug-likeness (QED) is 0.408. The highest BCUT2D eigenvalue weighted by molar-refractivity contribution is 5.94. The number of hydrogen-bond acceptors (Lipinski definition) is 6. The highest BCUT2D eigenvalue weighted by atomic mass is 16.4. The van der Waals surface area contributed by atoms with E-state index in [4.69, 9.17) is 5.73 Å². The van der Waals surface area contributed by atoms with Crippen molar-refractivity contribution in [1.82, 2.24) is 15.1 Å². The summed E-state index contributed by atoms with van der Waals surface area (Å²) in [5.74, 6) is -2.69. The van der Waals surface area contributed by atoms with Crippen molar-refractivity contribution in [2.75, 3.05) is 19.7 Å². The van der Waals surface area contributed by atoms with Crippen LogP contribution in [0.15, 0.2) is 0 Å². The third kappa shape index (κ3) is 4.61. The molecule has 4 unspecified atom stereocenters. The maximum Gasteiger partial charge on any atom is 0.326 e. The first-order chi connectivity index (χ1) is 13.2. The van der Waals surface area contributed by atoms with E-state index in [1.165, 1.54) is 9.80 Å². The molecule has 0 bridgehead atoms. The maximum absolute atomic E-state index is 12.9. The predicted octanol–water partition coefficient (Wildman–Crippen LogP) is -1.49. The van der Waals surface area contributed by atoms with E-state index in [0.29, 0.717) is 38.8 Å². The molecule has 5 N–H and O–H groups in total. The molecule has 2 rings (SSSR count). The first kappa shape index (κ1) is 22.1. The number of nitrogens with zero attached hydrogens (tertiary/aromatic N) is 2. The molecule has 0 aliphatic carbocycles. The zero-order valence-electron chi connectivity index (χ0n) is 16.3. The Bertz CT molecular complexity index is 625. The number of nitrogens with one attached hydrogen (secondary N) is 1. The average Bonchev–Trinajstić information content (AvgIpc) is 3.33. The lowest BCUT2D eigenvalue weighted by atomic mass is 10.0. The Hall–Kier alpha value is -2.20. The number of carbonyl (C=O) groups excluding carboxylic acids is 3. The van der Waals surface area contributed by atoms with E-state index in [1.807, 2.05) is 0 Å². The second kappa shape index (κ2) is 9.33. The molecule has 2 saturated heterocycles. The minimum absolute atomic E-state index is 0.140. The van der Waals surface area contributed by atoms with Gasteiger partial charge in [-0.05, 0) is 31.6 Å². The number of carboxylic acids is 1. The van der Waals surface area contributed by atoms with Crippen LogP contribution in [0, 0.1) is 5.92 Å². The normalized spacial score (nSPS) is 24.3. The molecule has 2 aliphatic rings. The number of carbonyl (C=O) groups is 4. The van der Waals surface area contributed by atoms with E-state index < -0.39 is 54.5 Å². The van der Waals surface area contributed by atoms with Crippen LogP contribution in [-0.4, -0.2) is 87.6 Å². The van der Waals surface area contributed by atoms with E-state index >= 15 is 0 Å². The molecule has 158 valence electrons. The summed E-state index contributed by atoms with van der Waals surface area (Å²) >= 11 is 0. The van der Waals surface area contributed by atoms with Crippen LogP contribution in [0.25, 0.3) is 0 Å². The molecule has 0 saturated carbocycles. The number of rotatable bonds is 7. The lowest BCUT2D eigenvalue weighted by molar-refractivity contribution is -0.152. The zero-order chi connectivity index (χ0) is 21.0. The Balaban J connectivity index is 2.09. The largest absolute Gasteiger partial charge is 0.480 e. The number of carboxylic acid groups (broad SMARTS) is 1. The van der Waals surface area contributed by atoms with Crippen molar-refractivity contribution in [2.45, 2.75) is 63.7 Å². The van der Waals surface area contributed by atoms with Crippen LogP contribution in [0.1, 0.15) is 39.5 Å². The van der Waals surface area contributed by atoms with Crippen molar-refractivity contribution in [2.24, 2.45) is 11.7 Å². The van der Waals surface area contributed by atoms with Gasteiger partial charge in [0.2, 0.25) is 17.7 Å². The van der Waals surface area contributed by atoms with E-state index in [2.05, 4.69) is 5.32 Å². The lowest BCUT2D eigenvalue weighted by Crippen LogP contribution is -2.58. The zero-order valence-corrected chi connectivity index (χ0v) is 16.3. The maximum atomic E-state index is 12.9. The summed E-state index contributed by atoms with van der Waals surface area (Å²) < 4.78 is 0. The van der Waals surface area contributed by atoms with Crippen LogP contribution in [0.5, 0.6) is 0 Å². The van der Waals surface area contributed by atoms with Gasteiger partial charge in [-0.3, -0.25) is 14.4 Å². The van der Waals surface area contributed by atoms with Gasteiger partial charge in [0.1, 0.15) is 18.1 Å². The fourth-order valence-electron chi connectivity index (χ4n) is 3.72. The van der Waals surface area contributed by atoms with Crippen LogP contribution < -0.4 is 11.1 Å². The number of nitrogens with two attached hydrogens (primary N) is 1. The fraction of sp³-hybridized carbons (Fsp3) is 0.778. The number of amides is 3. The molecular formula is C18H30N4O6. The van der Waals surface area contributed by atoms with Gasteiger partial charge in [-0.1, -0.05) is 13.8 Å². The van der Waals surface area contributed by atoms with E-state index in [0.717, 1.165) is 0 Å². The van der Waals surface area contributed by atoms with Gasteiger partial charge in [0.25, 0.3) is 0 Å². The van der Waals surface area contributed by atoms with Gasteiger partial charge in [-0.2, -0.15) is 0 Å². The van der Waals surface area contributed by atoms with Gasteiger partial charge in [-0.15, -0.1) is 0 Å². The number of hydrogen-bond donors (Lipinski definition) is 4. The van der Waals surface area contributed by atoms with Crippen LogP contribution in [-0.2, 0) is 19.2 Å². The summed E-state index contributed by atoms with van der Waals surface area (Å²) in [5.41, 5.74) is 5.78. The second-order valence-electron chi connectivity index (χ2n) is 7.73. The topological polar surface area (TPSA) is 153 Å². The molecule has 4 atom stereocenters. The van der Waals surface area contributed by atoms with Gasteiger partial charge in [-0.25, -0.2) is 4.79 Å². The molecule has 0 aromatic carbocycles. The molecule has 2 fully saturated rings. The summed E-state index contributed by atoms with van der Waals surface area (Å²) in [4.78, 5) is 52.0. The van der Waals surface area contributed by atoms with Gasteiger partial charge in [0, 0.05) is 13.1 Å². The van der Waals surface area contributed by atoms with Crippen LogP contribution in [0.3, 0.4) is 0 Å². The van der Waals surface area contributed by atoms with E-state index in [1.54, 1.807) is 13.8 Å². The van der Waals surface area contributed by atoms with Crippen LogP contribution in [0.2, 0.25) is 0 Å². The third-order valence-electron chi connectivity index (χ3n) is 5.46. The third-order valence-corrected chi connectivity index (χ3v) is 5.46. The summed E-state index contributed by atoms with van der Waals surface area (Å²) in [7, 11) is 0. The SMILES string of the molecule is CC(C)C(N)C(=O)NC(CO)C(=O)N1CCCC1C(=O)N1CCCC1C(=O)O. The summed E-state index contributed by atoms with van der Waals surface area (Å²) in [6, 6.07) is -3.67. The number of aliphatic carboxylic acids is 1. The number of aliphatic hydroxyl groups excluding tert-OH is 1. The monoisotopic (exact) mass is 398 g/mol. The molecular weight excluding hydrogens is 368 g/mol. The summed E-state index contributed by atoms with van der Waals surface area (Å²) in [6.45, 7) is 3.57. The second-order valence-corrected chi connectivity index (χ2v) is 7.73.